The van der Waals surface area contributed by atoms with Gasteiger partial charge in [0.05, 0.1) is 24.3 Å². The molecule has 0 aromatic carbocycles. The Bertz CT molecular complexity index is 460. The highest BCUT2D eigenvalue weighted by molar-refractivity contribution is 5.06. The predicted octanol–water partition coefficient (Wildman–Crippen LogP) is 0.820. The largest absolute Gasteiger partial charge is 0.387 e. The third-order valence-corrected chi connectivity index (χ3v) is 2.53. The highest BCUT2D eigenvalue weighted by Crippen LogP contribution is 2.16. The Morgan fingerprint density at radius 3 is 2.75 bits per heavy atom. The fourth-order valence-corrected chi connectivity index (χ4v) is 1.66. The second-order valence-electron chi connectivity index (χ2n) is 4.04. The van der Waals surface area contributed by atoms with E-state index in [1.54, 1.807) is 11.0 Å². The van der Waals surface area contributed by atoms with E-state index in [1.807, 2.05) is 37.3 Å². The van der Waals surface area contributed by atoms with Crippen molar-refractivity contribution in [2.24, 2.45) is 14.1 Å². The van der Waals surface area contributed by atoms with Crippen LogP contribution in [0.15, 0.2) is 24.9 Å². The smallest absolute Gasteiger partial charge is 0.0978 e. The van der Waals surface area contributed by atoms with E-state index >= 15 is 0 Å². The van der Waals surface area contributed by atoms with Crippen LogP contribution in [0.3, 0.4) is 0 Å². The molecule has 0 aliphatic rings. The minimum absolute atomic E-state index is 0.499. The Morgan fingerprint density at radius 2 is 2.19 bits per heavy atom. The van der Waals surface area contributed by atoms with E-state index < -0.39 is 6.10 Å². The predicted molar refractivity (Wildman–Crippen MR) is 59.7 cm³/mol. The minimum Gasteiger partial charge on any atom is -0.387 e. The van der Waals surface area contributed by atoms with Crippen LogP contribution in [0.1, 0.15) is 23.8 Å². The summed E-state index contributed by atoms with van der Waals surface area (Å²) in [5, 5.41) is 14.0. The number of aliphatic hydroxyl groups excluding tert-OH is 1. The zero-order valence-corrected chi connectivity index (χ0v) is 9.54. The first-order valence-electron chi connectivity index (χ1n) is 5.28. The van der Waals surface area contributed by atoms with Crippen molar-refractivity contribution >= 4 is 0 Å². The lowest BCUT2D eigenvalue weighted by Crippen LogP contribution is -1.99. The SMILES string of the molecule is Cn1cnc(C(O)CCc2cnn(C)c2)c1. The van der Waals surface area contributed by atoms with Crippen LogP contribution in [0.4, 0.5) is 0 Å². The molecule has 1 unspecified atom stereocenters. The average Bonchev–Trinajstić information content (AvgIpc) is 2.84. The maximum atomic E-state index is 9.90. The third-order valence-electron chi connectivity index (χ3n) is 2.53. The van der Waals surface area contributed by atoms with Crippen molar-refractivity contribution in [3.05, 3.63) is 36.2 Å². The van der Waals surface area contributed by atoms with Crippen LogP contribution in [0.5, 0.6) is 0 Å². The van der Waals surface area contributed by atoms with Crippen molar-refractivity contribution in [2.75, 3.05) is 0 Å². The molecule has 16 heavy (non-hydrogen) atoms. The molecule has 0 aliphatic heterocycles. The van der Waals surface area contributed by atoms with Crippen molar-refractivity contribution in [3.63, 3.8) is 0 Å². The minimum atomic E-state index is -0.499. The second kappa shape index (κ2) is 4.49. The van der Waals surface area contributed by atoms with Gasteiger partial charge < -0.3 is 9.67 Å². The molecule has 5 heteroatoms. The van der Waals surface area contributed by atoms with Crippen LogP contribution >= 0.6 is 0 Å². The third kappa shape index (κ3) is 2.49. The molecule has 1 N–H and O–H groups in total. The van der Waals surface area contributed by atoms with Crippen LogP contribution in [-0.4, -0.2) is 24.4 Å². The van der Waals surface area contributed by atoms with Gasteiger partial charge in [-0.15, -0.1) is 0 Å². The molecule has 86 valence electrons. The lowest BCUT2D eigenvalue weighted by molar-refractivity contribution is 0.163. The molecule has 0 radical (unpaired) electrons. The second-order valence-corrected chi connectivity index (χ2v) is 4.04. The summed E-state index contributed by atoms with van der Waals surface area (Å²) in [6.07, 6.45) is 8.31. The number of hydrogen-bond acceptors (Lipinski definition) is 3. The van der Waals surface area contributed by atoms with Gasteiger partial charge in [0.2, 0.25) is 0 Å². The van der Waals surface area contributed by atoms with Gasteiger partial charge in [-0.2, -0.15) is 5.10 Å². The molecule has 2 heterocycles. The van der Waals surface area contributed by atoms with Crippen LogP contribution < -0.4 is 0 Å². The van der Waals surface area contributed by atoms with Gasteiger partial charge in [0.25, 0.3) is 0 Å². The van der Waals surface area contributed by atoms with Crippen LogP contribution in [0.25, 0.3) is 0 Å². The molecule has 0 bridgehead atoms. The summed E-state index contributed by atoms with van der Waals surface area (Å²) in [6.45, 7) is 0. The fraction of sp³-hybridized carbons (Fsp3) is 0.455. The van der Waals surface area contributed by atoms with E-state index in [2.05, 4.69) is 10.1 Å². The number of aromatic nitrogens is 4. The van der Waals surface area contributed by atoms with Gasteiger partial charge in [-0.3, -0.25) is 4.68 Å². The number of aliphatic hydroxyl groups is 1. The van der Waals surface area contributed by atoms with Crippen LogP contribution in [0.2, 0.25) is 0 Å². The topological polar surface area (TPSA) is 55.9 Å². The Hall–Kier alpha value is -1.62. The number of aryl methyl sites for hydroxylation is 3. The fourth-order valence-electron chi connectivity index (χ4n) is 1.66. The summed E-state index contributed by atoms with van der Waals surface area (Å²) in [4.78, 5) is 4.13. The Kier molecular flexibility index (Phi) is 3.05. The lowest BCUT2D eigenvalue weighted by Gasteiger charge is -2.05. The standard InChI is InChI=1S/C11H16N4O/c1-14-7-10(12-8-14)11(16)4-3-9-5-13-15(2)6-9/h5-8,11,16H,3-4H2,1-2H3. The van der Waals surface area contributed by atoms with Gasteiger partial charge in [-0.25, -0.2) is 4.98 Å². The molecule has 0 saturated heterocycles. The molecule has 1 atom stereocenters. The van der Waals surface area contributed by atoms with Gasteiger partial charge in [0.1, 0.15) is 0 Å². The lowest BCUT2D eigenvalue weighted by atomic mass is 10.1. The maximum absolute atomic E-state index is 9.90. The average molecular weight is 220 g/mol. The van der Waals surface area contributed by atoms with E-state index in [0.29, 0.717) is 6.42 Å². The van der Waals surface area contributed by atoms with E-state index in [0.717, 1.165) is 17.7 Å². The first-order valence-corrected chi connectivity index (χ1v) is 5.28. The van der Waals surface area contributed by atoms with Gasteiger partial charge in [-0.05, 0) is 18.4 Å². The van der Waals surface area contributed by atoms with E-state index in [9.17, 15) is 5.11 Å². The van der Waals surface area contributed by atoms with Crippen LogP contribution in [0, 0.1) is 0 Å². The Morgan fingerprint density at radius 1 is 1.38 bits per heavy atom. The Labute approximate surface area is 94.4 Å². The van der Waals surface area contributed by atoms with Crippen molar-refractivity contribution < 1.29 is 5.11 Å². The highest BCUT2D eigenvalue weighted by Gasteiger charge is 2.10. The Balaban J connectivity index is 1.91. The first kappa shape index (κ1) is 10.9. The number of imidazole rings is 1. The van der Waals surface area contributed by atoms with Crippen molar-refractivity contribution in [3.8, 4) is 0 Å². The highest BCUT2D eigenvalue weighted by atomic mass is 16.3. The molecule has 0 amide bonds. The molecule has 2 aromatic heterocycles. The van der Waals surface area contributed by atoms with Gasteiger partial charge >= 0.3 is 0 Å². The van der Waals surface area contributed by atoms with Crippen LogP contribution in [-0.2, 0) is 20.5 Å². The van der Waals surface area contributed by atoms with Crippen molar-refractivity contribution in [2.45, 2.75) is 18.9 Å². The van der Waals surface area contributed by atoms with Gasteiger partial charge in [-0.1, -0.05) is 0 Å². The molecular weight excluding hydrogens is 204 g/mol. The van der Waals surface area contributed by atoms with E-state index in [1.165, 1.54) is 0 Å². The van der Waals surface area contributed by atoms with Gasteiger partial charge in [0, 0.05) is 26.5 Å². The van der Waals surface area contributed by atoms with Crippen molar-refractivity contribution in [1.82, 2.24) is 19.3 Å². The summed E-state index contributed by atoms with van der Waals surface area (Å²) in [7, 11) is 3.78. The summed E-state index contributed by atoms with van der Waals surface area (Å²) in [5.74, 6) is 0. The first-order chi connectivity index (χ1) is 7.65. The maximum Gasteiger partial charge on any atom is 0.0978 e. The quantitative estimate of drug-likeness (QED) is 0.830. The van der Waals surface area contributed by atoms with E-state index in [-0.39, 0.29) is 0 Å². The molecule has 5 nitrogen and oxygen atoms in total. The molecule has 2 rings (SSSR count). The van der Waals surface area contributed by atoms with Gasteiger partial charge in [0.15, 0.2) is 0 Å². The normalized spacial score (nSPS) is 12.9. The summed E-state index contributed by atoms with van der Waals surface area (Å²) in [5.41, 5.74) is 1.86. The molecule has 0 fully saturated rings. The zero-order chi connectivity index (χ0) is 11.5. The molecule has 2 aromatic rings. The molecule has 0 spiro atoms. The molecular formula is C11H16N4O. The zero-order valence-electron chi connectivity index (χ0n) is 9.54. The summed E-state index contributed by atoms with van der Waals surface area (Å²) >= 11 is 0. The monoisotopic (exact) mass is 220 g/mol. The van der Waals surface area contributed by atoms with Crippen molar-refractivity contribution in [1.29, 1.82) is 0 Å². The van der Waals surface area contributed by atoms with E-state index in [4.69, 9.17) is 0 Å². The summed E-state index contributed by atoms with van der Waals surface area (Å²) < 4.78 is 3.60. The summed E-state index contributed by atoms with van der Waals surface area (Å²) in [6, 6.07) is 0. The molecule has 0 saturated carbocycles. The number of nitrogens with zero attached hydrogens (tertiary/aromatic N) is 4. The number of hydrogen-bond donors (Lipinski definition) is 1. The molecule has 0 aliphatic carbocycles. The number of rotatable bonds is 4.